The second kappa shape index (κ2) is 6.47. The summed E-state index contributed by atoms with van der Waals surface area (Å²) in [5.74, 6) is 0. The first-order chi connectivity index (χ1) is 9.87. The van der Waals surface area contributed by atoms with E-state index in [0.717, 1.165) is 25.1 Å². The third-order valence-electron chi connectivity index (χ3n) is 3.41. The number of nitrogens with one attached hydrogen (secondary N) is 2. The Hall–Kier alpha value is -1.56. The highest BCUT2D eigenvalue weighted by molar-refractivity contribution is 5.69. The third kappa shape index (κ3) is 5.04. The molecule has 1 aromatic rings. The Morgan fingerprint density at radius 2 is 2.29 bits per heavy atom. The van der Waals surface area contributed by atoms with Gasteiger partial charge in [-0.3, -0.25) is 5.10 Å². The number of hydrogen-bond acceptors (Lipinski definition) is 4. The Labute approximate surface area is 126 Å². The smallest absolute Gasteiger partial charge is 0.410 e. The Morgan fingerprint density at radius 3 is 2.81 bits per heavy atom. The van der Waals surface area contributed by atoms with Crippen LogP contribution in [0.25, 0.3) is 0 Å². The van der Waals surface area contributed by atoms with Crippen molar-refractivity contribution in [2.75, 3.05) is 13.1 Å². The summed E-state index contributed by atoms with van der Waals surface area (Å²) < 4.78 is 5.47. The molecule has 6 nitrogen and oxygen atoms in total. The highest BCUT2D eigenvalue weighted by atomic mass is 16.6. The van der Waals surface area contributed by atoms with E-state index in [1.165, 1.54) is 0 Å². The Balaban J connectivity index is 1.79. The number of carbonyl (C=O) groups is 1. The molecule has 1 aromatic heterocycles. The lowest BCUT2D eigenvalue weighted by Gasteiger charge is -2.28. The van der Waals surface area contributed by atoms with Crippen molar-refractivity contribution in [2.45, 2.75) is 58.2 Å². The molecular formula is C15H26N4O2. The van der Waals surface area contributed by atoms with Gasteiger partial charge in [0, 0.05) is 31.4 Å². The predicted octanol–water partition coefficient (Wildman–Crippen LogP) is 2.46. The van der Waals surface area contributed by atoms with Gasteiger partial charge in [-0.15, -0.1) is 0 Å². The molecule has 1 atom stereocenters. The molecule has 2 rings (SSSR count). The van der Waals surface area contributed by atoms with Crippen LogP contribution in [0.1, 0.15) is 52.3 Å². The Kier molecular flexibility index (Phi) is 4.88. The maximum absolute atomic E-state index is 12.2. The minimum Gasteiger partial charge on any atom is -0.444 e. The van der Waals surface area contributed by atoms with Crippen molar-refractivity contribution < 1.29 is 9.53 Å². The van der Waals surface area contributed by atoms with Crippen LogP contribution in [0.3, 0.4) is 0 Å². The molecule has 0 saturated heterocycles. The van der Waals surface area contributed by atoms with E-state index in [2.05, 4.69) is 22.4 Å². The summed E-state index contributed by atoms with van der Waals surface area (Å²) in [4.78, 5) is 14.0. The average Bonchev–Trinajstić information content (AvgIpc) is 3.04. The fourth-order valence-electron chi connectivity index (χ4n) is 2.15. The van der Waals surface area contributed by atoms with Crippen LogP contribution in [-0.2, 0) is 4.74 Å². The number of carbonyl (C=O) groups excluding carboxylic acids is 1. The van der Waals surface area contributed by atoms with Gasteiger partial charge in [-0.25, -0.2) is 4.79 Å². The van der Waals surface area contributed by atoms with Crippen LogP contribution < -0.4 is 5.32 Å². The molecule has 21 heavy (non-hydrogen) atoms. The lowest BCUT2D eigenvalue weighted by Crippen LogP contribution is -2.42. The maximum atomic E-state index is 12.2. The van der Waals surface area contributed by atoms with Gasteiger partial charge in [-0.2, -0.15) is 5.10 Å². The lowest BCUT2D eigenvalue weighted by atomic mass is 10.2. The zero-order valence-electron chi connectivity index (χ0n) is 13.3. The number of amides is 1. The van der Waals surface area contributed by atoms with Crippen molar-refractivity contribution in [1.82, 2.24) is 20.4 Å². The van der Waals surface area contributed by atoms with Gasteiger partial charge in [0.05, 0.1) is 5.69 Å². The molecule has 0 radical (unpaired) electrons. The van der Waals surface area contributed by atoms with Crippen molar-refractivity contribution in [1.29, 1.82) is 0 Å². The average molecular weight is 294 g/mol. The second-order valence-corrected chi connectivity index (χ2v) is 6.59. The van der Waals surface area contributed by atoms with Gasteiger partial charge in [-0.05, 0) is 46.6 Å². The first-order valence-corrected chi connectivity index (χ1v) is 7.59. The quantitative estimate of drug-likeness (QED) is 0.845. The molecule has 1 aliphatic rings. The van der Waals surface area contributed by atoms with Crippen molar-refractivity contribution in [2.24, 2.45) is 0 Å². The molecule has 6 heteroatoms. The Morgan fingerprint density at radius 1 is 1.57 bits per heavy atom. The van der Waals surface area contributed by atoms with Crippen LogP contribution in [0, 0.1) is 0 Å². The molecule has 1 unspecified atom stereocenters. The topological polar surface area (TPSA) is 70.2 Å². The van der Waals surface area contributed by atoms with Crippen LogP contribution in [0.15, 0.2) is 12.3 Å². The first-order valence-electron chi connectivity index (χ1n) is 7.59. The van der Waals surface area contributed by atoms with Gasteiger partial charge in [0.15, 0.2) is 0 Å². The molecule has 0 spiro atoms. The normalized spacial score (nSPS) is 16.6. The summed E-state index contributed by atoms with van der Waals surface area (Å²) in [7, 11) is 0. The van der Waals surface area contributed by atoms with Crippen molar-refractivity contribution in [3.05, 3.63) is 18.0 Å². The highest BCUT2D eigenvalue weighted by Gasteiger charge is 2.34. The number of aromatic nitrogens is 2. The fourth-order valence-corrected chi connectivity index (χ4v) is 2.15. The van der Waals surface area contributed by atoms with Gasteiger partial charge >= 0.3 is 6.09 Å². The van der Waals surface area contributed by atoms with E-state index in [1.54, 1.807) is 6.20 Å². The minimum absolute atomic E-state index is 0.187. The third-order valence-corrected chi connectivity index (χ3v) is 3.41. The first kappa shape index (κ1) is 15.8. The van der Waals surface area contributed by atoms with Crippen molar-refractivity contribution in [3.8, 4) is 0 Å². The van der Waals surface area contributed by atoms with E-state index < -0.39 is 5.60 Å². The van der Waals surface area contributed by atoms with Crippen LogP contribution >= 0.6 is 0 Å². The predicted molar refractivity (Wildman–Crippen MR) is 81.0 cm³/mol. The van der Waals surface area contributed by atoms with E-state index in [0.29, 0.717) is 12.6 Å². The number of ether oxygens (including phenoxy) is 1. The summed E-state index contributed by atoms with van der Waals surface area (Å²) in [5, 5.41) is 10.3. The zero-order valence-corrected chi connectivity index (χ0v) is 13.3. The van der Waals surface area contributed by atoms with Crippen LogP contribution in [0.2, 0.25) is 0 Å². The molecule has 118 valence electrons. The van der Waals surface area contributed by atoms with Crippen molar-refractivity contribution >= 4 is 6.09 Å². The number of hydrogen-bond donors (Lipinski definition) is 2. The molecule has 1 aliphatic carbocycles. The van der Waals surface area contributed by atoms with Crippen LogP contribution in [-0.4, -0.2) is 45.9 Å². The van der Waals surface area contributed by atoms with Gasteiger partial charge in [0.1, 0.15) is 5.60 Å². The highest BCUT2D eigenvalue weighted by Crippen LogP contribution is 2.28. The van der Waals surface area contributed by atoms with Gasteiger partial charge < -0.3 is 15.0 Å². The molecule has 2 N–H and O–H groups in total. The van der Waals surface area contributed by atoms with E-state index >= 15 is 0 Å². The van der Waals surface area contributed by atoms with E-state index in [1.807, 2.05) is 31.7 Å². The van der Waals surface area contributed by atoms with E-state index in [-0.39, 0.29) is 12.1 Å². The van der Waals surface area contributed by atoms with Gasteiger partial charge in [0.25, 0.3) is 0 Å². The SMILES string of the molecule is CC(NCCN(C(=O)OC(C)(C)C)C1CC1)c1ccn[nH]1. The van der Waals surface area contributed by atoms with Crippen LogP contribution in [0.5, 0.6) is 0 Å². The molecule has 0 bridgehead atoms. The molecule has 0 aromatic carbocycles. The number of aromatic amines is 1. The summed E-state index contributed by atoms with van der Waals surface area (Å²) in [5.41, 5.74) is 0.603. The summed E-state index contributed by atoms with van der Waals surface area (Å²) in [6.45, 7) is 9.16. The maximum Gasteiger partial charge on any atom is 0.410 e. The molecule has 1 heterocycles. The minimum atomic E-state index is -0.444. The standard InChI is InChI=1S/C15H26N4O2/c1-11(13-7-8-17-18-13)16-9-10-19(12-5-6-12)14(20)21-15(2,3)4/h7-8,11-12,16H,5-6,9-10H2,1-4H3,(H,17,18). The monoisotopic (exact) mass is 294 g/mol. The van der Waals surface area contributed by atoms with Gasteiger partial charge in [0.2, 0.25) is 0 Å². The molecule has 1 saturated carbocycles. The molecule has 1 amide bonds. The van der Waals surface area contributed by atoms with Crippen molar-refractivity contribution in [3.63, 3.8) is 0 Å². The lowest BCUT2D eigenvalue weighted by molar-refractivity contribution is 0.0235. The Bertz CT molecular complexity index is 449. The number of rotatable bonds is 6. The van der Waals surface area contributed by atoms with E-state index in [4.69, 9.17) is 4.74 Å². The summed E-state index contributed by atoms with van der Waals surface area (Å²) in [6.07, 6.45) is 3.69. The van der Waals surface area contributed by atoms with Crippen LogP contribution in [0.4, 0.5) is 4.79 Å². The summed E-state index contributed by atoms with van der Waals surface area (Å²) >= 11 is 0. The van der Waals surface area contributed by atoms with Gasteiger partial charge in [-0.1, -0.05) is 0 Å². The molecule has 1 fully saturated rings. The molecule has 0 aliphatic heterocycles. The van der Waals surface area contributed by atoms with E-state index in [9.17, 15) is 4.79 Å². The largest absolute Gasteiger partial charge is 0.444 e. The summed E-state index contributed by atoms with van der Waals surface area (Å²) in [6, 6.07) is 2.49. The number of nitrogens with zero attached hydrogens (tertiary/aromatic N) is 2. The molecular weight excluding hydrogens is 268 g/mol. The zero-order chi connectivity index (χ0) is 15.5. The fraction of sp³-hybridized carbons (Fsp3) is 0.733. The second-order valence-electron chi connectivity index (χ2n) is 6.59. The number of H-pyrrole nitrogens is 1.